The topological polar surface area (TPSA) is 100 Å². The summed E-state index contributed by atoms with van der Waals surface area (Å²) < 4.78 is 5.61. The highest BCUT2D eigenvalue weighted by Crippen LogP contribution is 2.41. The van der Waals surface area contributed by atoms with Gasteiger partial charge in [-0.1, -0.05) is 53.7 Å². The summed E-state index contributed by atoms with van der Waals surface area (Å²) in [6, 6.07) is 21.2. The van der Waals surface area contributed by atoms with Gasteiger partial charge in [-0.3, -0.25) is 14.5 Å². The number of nitrogens with zero attached hydrogens (tertiary/aromatic N) is 3. The molecule has 1 saturated heterocycles. The van der Waals surface area contributed by atoms with Crippen molar-refractivity contribution < 1.29 is 14.1 Å². The Balaban J connectivity index is 1.14. The first kappa shape index (κ1) is 23.4. The van der Waals surface area contributed by atoms with Crippen LogP contribution >= 0.6 is 0 Å². The third-order valence-electron chi connectivity index (χ3n) is 7.10. The van der Waals surface area contributed by atoms with Crippen LogP contribution in [0.25, 0.3) is 22.4 Å². The number of rotatable bonds is 7. The minimum atomic E-state index is -0.130. The van der Waals surface area contributed by atoms with Crippen LogP contribution in [-0.4, -0.2) is 52.5 Å². The lowest BCUT2D eigenvalue weighted by Gasteiger charge is -2.31. The van der Waals surface area contributed by atoms with Crippen LogP contribution in [0.4, 0.5) is 5.69 Å². The number of carbonyl (C=O) groups is 2. The number of piperidine rings is 1. The van der Waals surface area contributed by atoms with Gasteiger partial charge in [-0.05, 0) is 43.9 Å². The van der Waals surface area contributed by atoms with Crippen LogP contribution < -0.4 is 10.6 Å². The molecule has 2 aromatic carbocycles. The van der Waals surface area contributed by atoms with Gasteiger partial charge in [0.25, 0.3) is 11.6 Å². The lowest BCUT2D eigenvalue weighted by Crippen LogP contribution is -2.46. The molecule has 0 atom stereocenters. The highest BCUT2D eigenvalue weighted by Gasteiger charge is 2.30. The number of fused-ring (bicyclic) bond motifs is 1. The fraction of sp³-hybridized carbons (Fsp3) is 0.310. The van der Waals surface area contributed by atoms with Crippen LogP contribution in [0.2, 0.25) is 0 Å². The smallest absolute Gasteiger partial charge is 0.259 e. The lowest BCUT2D eigenvalue weighted by molar-refractivity contribution is -0.117. The number of para-hydroxylation sites is 1. The van der Waals surface area contributed by atoms with Gasteiger partial charge in [0, 0.05) is 42.0 Å². The van der Waals surface area contributed by atoms with Crippen molar-refractivity contribution in [2.45, 2.75) is 37.6 Å². The first-order valence-electron chi connectivity index (χ1n) is 12.9. The number of hydrogen-bond donors (Lipinski definition) is 2. The van der Waals surface area contributed by atoms with Crippen LogP contribution in [0, 0.1) is 0 Å². The van der Waals surface area contributed by atoms with Gasteiger partial charge in [0.15, 0.2) is 0 Å². The van der Waals surface area contributed by atoms with Gasteiger partial charge in [-0.15, -0.1) is 0 Å². The highest BCUT2D eigenvalue weighted by atomic mass is 16.5. The van der Waals surface area contributed by atoms with E-state index in [0.717, 1.165) is 55.7 Å². The first-order valence-corrected chi connectivity index (χ1v) is 12.9. The normalized spacial score (nSPS) is 16.5. The fourth-order valence-corrected chi connectivity index (χ4v) is 4.95. The Morgan fingerprint density at radius 2 is 1.65 bits per heavy atom. The van der Waals surface area contributed by atoms with Crippen LogP contribution in [-0.2, 0) is 4.79 Å². The molecule has 2 amide bonds. The van der Waals surface area contributed by atoms with E-state index in [2.05, 4.69) is 25.7 Å². The van der Waals surface area contributed by atoms with Gasteiger partial charge in [-0.2, -0.15) is 0 Å². The molecule has 0 spiro atoms. The van der Waals surface area contributed by atoms with Gasteiger partial charge >= 0.3 is 0 Å². The summed E-state index contributed by atoms with van der Waals surface area (Å²) in [5.41, 5.74) is 4.19. The third-order valence-corrected chi connectivity index (χ3v) is 7.10. The van der Waals surface area contributed by atoms with Gasteiger partial charge in [0.2, 0.25) is 5.91 Å². The standard InChI is InChI=1S/C29H29N5O3/c35-25(30-21-9-5-2-6-10-21)18-34-15-13-22(14-16-34)31-28(36)23-17-24(19-11-12-19)32-29-26(23)27(33-37-29)20-7-3-1-4-8-20/h1-10,17,19,22H,11-16,18H2,(H,30,35)(H,31,36). The summed E-state index contributed by atoms with van der Waals surface area (Å²) in [4.78, 5) is 32.8. The SMILES string of the molecule is O=C(CN1CCC(NC(=O)c2cc(C3CC3)nc3onc(-c4ccccc4)c23)CC1)Nc1ccccc1. The summed E-state index contributed by atoms with van der Waals surface area (Å²) in [6.45, 7) is 1.83. The lowest BCUT2D eigenvalue weighted by atomic mass is 10.0. The van der Waals surface area contributed by atoms with Gasteiger partial charge in [0.05, 0.1) is 17.5 Å². The minimum Gasteiger partial charge on any atom is -0.349 e. The van der Waals surface area contributed by atoms with Crippen LogP contribution in [0.1, 0.15) is 47.7 Å². The first-order chi connectivity index (χ1) is 18.1. The molecular formula is C29H29N5O3. The Morgan fingerprint density at radius 3 is 2.35 bits per heavy atom. The van der Waals surface area contributed by atoms with E-state index in [-0.39, 0.29) is 17.9 Å². The van der Waals surface area contributed by atoms with Crippen molar-refractivity contribution in [1.82, 2.24) is 20.4 Å². The molecule has 1 aliphatic heterocycles. The van der Waals surface area contributed by atoms with E-state index < -0.39 is 0 Å². The molecule has 0 unspecified atom stereocenters. The number of likely N-dealkylation sites (tertiary alicyclic amines) is 1. The molecule has 1 aliphatic carbocycles. The Hall–Kier alpha value is -4.04. The van der Waals surface area contributed by atoms with Crippen LogP contribution in [0.3, 0.4) is 0 Å². The predicted octanol–water partition coefficient (Wildman–Crippen LogP) is 4.60. The van der Waals surface area contributed by atoms with Gasteiger partial charge < -0.3 is 15.2 Å². The average molecular weight is 496 g/mol. The number of nitrogens with one attached hydrogen (secondary N) is 2. The van der Waals surface area contributed by atoms with E-state index in [1.165, 1.54) is 0 Å². The second-order valence-electron chi connectivity index (χ2n) is 9.88. The second-order valence-corrected chi connectivity index (χ2v) is 9.88. The molecule has 2 aromatic heterocycles. The zero-order valence-corrected chi connectivity index (χ0v) is 20.5. The molecule has 4 aromatic rings. The third kappa shape index (κ3) is 5.24. The number of benzene rings is 2. The number of pyridine rings is 1. The molecular weight excluding hydrogens is 466 g/mol. The van der Waals surface area contributed by atoms with Crippen molar-refractivity contribution in [2.24, 2.45) is 0 Å². The maximum Gasteiger partial charge on any atom is 0.259 e. The second kappa shape index (κ2) is 10.1. The monoisotopic (exact) mass is 495 g/mol. The largest absolute Gasteiger partial charge is 0.349 e. The Labute approximate surface area is 215 Å². The Bertz CT molecular complexity index is 1410. The molecule has 8 nitrogen and oxygen atoms in total. The maximum absolute atomic E-state index is 13.6. The van der Waals surface area contributed by atoms with Crippen molar-refractivity contribution in [2.75, 3.05) is 25.0 Å². The van der Waals surface area contributed by atoms with Crippen molar-refractivity contribution >= 4 is 28.6 Å². The number of aromatic nitrogens is 2. The maximum atomic E-state index is 13.6. The molecule has 1 saturated carbocycles. The van der Waals surface area contributed by atoms with Crippen molar-refractivity contribution in [1.29, 1.82) is 0 Å². The summed E-state index contributed by atoms with van der Waals surface area (Å²) in [5, 5.41) is 11.1. The molecule has 2 aliphatic rings. The summed E-state index contributed by atoms with van der Waals surface area (Å²) in [7, 11) is 0. The fourth-order valence-electron chi connectivity index (χ4n) is 4.95. The molecule has 8 heteroatoms. The zero-order chi connectivity index (χ0) is 25.2. The van der Waals surface area contributed by atoms with E-state index in [0.29, 0.717) is 34.8 Å². The molecule has 188 valence electrons. The van der Waals surface area contributed by atoms with Crippen molar-refractivity contribution in [3.63, 3.8) is 0 Å². The number of carbonyl (C=O) groups excluding carboxylic acids is 2. The van der Waals surface area contributed by atoms with Crippen molar-refractivity contribution in [3.8, 4) is 11.3 Å². The van der Waals surface area contributed by atoms with E-state index in [1.807, 2.05) is 66.7 Å². The van der Waals surface area contributed by atoms with E-state index in [1.54, 1.807) is 0 Å². The quantitative estimate of drug-likeness (QED) is 0.389. The number of hydrogen-bond acceptors (Lipinski definition) is 6. The molecule has 0 radical (unpaired) electrons. The summed E-state index contributed by atoms with van der Waals surface area (Å²) >= 11 is 0. The Kier molecular flexibility index (Phi) is 6.40. The molecule has 37 heavy (non-hydrogen) atoms. The molecule has 3 heterocycles. The molecule has 6 rings (SSSR count). The molecule has 0 bridgehead atoms. The number of amides is 2. The minimum absolute atomic E-state index is 0.0265. The number of anilines is 1. The highest BCUT2D eigenvalue weighted by molar-refractivity contribution is 6.09. The predicted molar refractivity (Wildman–Crippen MR) is 141 cm³/mol. The average Bonchev–Trinajstić information content (AvgIpc) is 3.69. The summed E-state index contributed by atoms with van der Waals surface area (Å²) in [6.07, 6.45) is 3.72. The molecule has 2 fully saturated rings. The van der Waals surface area contributed by atoms with E-state index in [9.17, 15) is 9.59 Å². The van der Waals surface area contributed by atoms with Gasteiger partial charge in [0.1, 0.15) is 5.69 Å². The van der Waals surface area contributed by atoms with Crippen LogP contribution in [0.5, 0.6) is 0 Å². The van der Waals surface area contributed by atoms with E-state index >= 15 is 0 Å². The Morgan fingerprint density at radius 1 is 0.946 bits per heavy atom. The molecule has 2 N–H and O–H groups in total. The summed E-state index contributed by atoms with van der Waals surface area (Å²) in [5.74, 6) is 0.225. The van der Waals surface area contributed by atoms with Crippen LogP contribution in [0.15, 0.2) is 71.3 Å². The van der Waals surface area contributed by atoms with Gasteiger partial charge in [-0.25, -0.2) is 4.98 Å². The van der Waals surface area contributed by atoms with E-state index in [4.69, 9.17) is 4.52 Å². The zero-order valence-electron chi connectivity index (χ0n) is 20.5. The van der Waals surface area contributed by atoms with Crippen molar-refractivity contribution in [3.05, 3.63) is 78.0 Å².